The quantitative estimate of drug-likeness (QED) is 0.203. The first kappa shape index (κ1) is 24.1. The van der Waals surface area contributed by atoms with Gasteiger partial charge in [0.2, 0.25) is 0 Å². The molecule has 0 radical (unpaired) electrons. The SMILES string of the molecule is C=CCOc1ccc(C(=O)N/N=C/c2ccccc2OCc2ccc(Br)cc2)cc1OCC. The smallest absolute Gasteiger partial charge is 0.271 e. The zero-order valence-electron chi connectivity index (χ0n) is 18.3. The fourth-order valence-electron chi connectivity index (χ4n) is 2.87. The van der Waals surface area contributed by atoms with Crippen molar-refractivity contribution >= 4 is 28.1 Å². The fourth-order valence-corrected chi connectivity index (χ4v) is 3.14. The Bertz CT molecular complexity index is 1110. The van der Waals surface area contributed by atoms with Crippen LogP contribution in [-0.2, 0) is 6.61 Å². The minimum atomic E-state index is -0.365. The molecule has 6 nitrogen and oxygen atoms in total. The number of rotatable bonds is 11. The van der Waals surface area contributed by atoms with Crippen LogP contribution in [0, 0.1) is 0 Å². The predicted octanol–water partition coefficient (Wildman–Crippen LogP) is 5.76. The lowest BCUT2D eigenvalue weighted by Crippen LogP contribution is -2.18. The molecule has 0 saturated carbocycles. The molecule has 170 valence electrons. The Hall–Kier alpha value is -3.58. The van der Waals surface area contributed by atoms with Crippen molar-refractivity contribution in [3.63, 3.8) is 0 Å². The van der Waals surface area contributed by atoms with Gasteiger partial charge in [0.05, 0.1) is 12.8 Å². The highest BCUT2D eigenvalue weighted by Crippen LogP contribution is 2.28. The average molecular weight is 509 g/mol. The fraction of sp³-hybridized carbons (Fsp3) is 0.154. The van der Waals surface area contributed by atoms with Crippen LogP contribution in [0.25, 0.3) is 0 Å². The highest BCUT2D eigenvalue weighted by atomic mass is 79.9. The van der Waals surface area contributed by atoms with Crippen LogP contribution in [0.5, 0.6) is 17.2 Å². The molecule has 33 heavy (non-hydrogen) atoms. The number of benzene rings is 3. The van der Waals surface area contributed by atoms with Crippen LogP contribution in [0.3, 0.4) is 0 Å². The van der Waals surface area contributed by atoms with Crippen molar-refractivity contribution in [2.24, 2.45) is 5.10 Å². The summed E-state index contributed by atoms with van der Waals surface area (Å²) < 4.78 is 18.1. The average Bonchev–Trinajstić information content (AvgIpc) is 2.83. The van der Waals surface area contributed by atoms with E-state index in [0.717, 1.165) is 15.6 Å². The van der Waals surface area contributed by atoms with Gasteiger partial charge in [-0.05, 0) is 55.0 Å². The summed E-state index contributed by atoms with van der Waals surface area (Å²) in [5, 5.41) is 4.10. The molecule has 0 aliphatic heterocycles. The highest BCUT2D eigenvalue weighted by Gasteiger charge is 2.11. The van der Waals surface area contributed by atoms with Gasteiger partial charge < -0.3 is 14.2 Å². The maximum absolute atomic E-state index is 12.6. The molecule has 0 fully saturated rings. The molecule has 0 aliphatic rings. The number of para-hydroxylation sites is 1. The summed E-state index contributed by atoms with van der Waals surface area (Å²) in [5.74, 6) is 1.34. The monoisotopic (exact) mass is 508 g/mol. The molecule has 3 aromatic rings. The van der Waals surface area contributed by atoms with E-state index >= 15 is 0 Å². The molecular weight excluding hydrogens is 484 g/mol. The Balaban J connectivity index is 1.65. The zero-order valence-corrected chi connectivity index (χ0v) is 19.9. The topological polar surface area (TPSA) is 69.2 Å². The number of nitrogens with one attached hydrogen (secondary N) is 1. The Morgan fingerprint density at radius 2 is 1.79 bits per heavy atom. The Morgan fingerprint density at radius 3 is 2.55 bits per heavy atom. The molecule has 0 atom stereocenters. The number of halogens is 1. The van der Waals surface area contributed by atoms with Crippen molar-refractivity contribution in [2.45, 2.75) is 13.5 Å². The third kappa shape index (κ3) is 7.22. The molecule has 0 spiro atoms. The summed E-state index contributed by atoms with van der Waals surface area (Å²) in [7, 11) is 0. The van der Waals surface area contributed by atoms with Gasteiger partial charge in [-0.2, -0.15) is 5.10 Å². The van der Waals surface area contributed by atoms with Crippen LogP contribution in [0.15, 0.2) is 89.0 Å². The second kappa shape index (κ2) is 12.5. The minimum Gasteiger partial charge on any atom is -0.490 e. The van der Waals surface area contributed by atoms with E-state index in [4.69, 9.17) is 14.2 Å². The number of amides is 1. The van der Waals surface area contributed by atoms with E-state index in [1.165, 1.54) is 0 Å². The Kier molecular flexibility index (Phi) is 9.08. The maximum atomic E-state index is 12.6. The van der Waals surface area contributed by atoms with Crippen LogP contribution in [0.4, 0.5) is 0 Å². The van der Waals surface area contributed by atoms with E-state index in [0.29, 0.717) is 42.6 Å². The molecule has 1 amide bonds. The van der Waals surface area contributed by atoms with Crippen molar-refractivity contribution < 1.29 is 19.0 Å². The van der Waals surface area contributed by atoms with Crippen LogP contribution in [0.1, 0.15) is 28.4 Å². The molecule has 0 saturated heterocycles. The summed E-state index contributed by atoms with van der Waals surface area (Å²) in [6.45, 7) is 6.72. The Morgan fingerprint density at radius 1 is 1.00 bits per heavy atom. The summed E-state index contributed by atoms with van der Waals surface area (Å²) in [6.07, 6.45) is 3.20. The molecule has 0 aliphatic carbocycles. The lowest BCUT2D eigenvalue weighted by atomic mass is 10.2. The van der Waals surface area contributed by atoms with Crippen molar-refractivity contribution in [3.05, 3.63) is 101 Å². The first-order chi connectivity index (χ1) is 16.1. The van der Waals surface area contributed by atoms with Gasteiger partial charge in [0.1, 0.15) is 19.0 Å². The van der Waals surface area contributed by atoms with Crippen molar-refractivity contribution in [1.29, 1.82) is 0 Å². The van der Waals surface area contributed by atoms with Gasteiger partial charge >= 0.3 is 0 Å². The van der Waals surface area contributed by atoms with Crippen LogP contribution in [-0.4, -0.2) is 25.3 Å². The largest absolute Gasteiger partial charge is 0.490 e. The van der Waals surface area contributed by atoms with E-state index in [2.05, 4.69) is 33.0 Å². The van der Waals surface area contributed by atoms with Gasteiger partial charge in [0, 0.05) is 15.6 Å². The van der Waals surface area contributed by atoms with Gasteiger partial charge in [0.15, 0.2) is 11.5 Å². The molecule has 3 rings (SSSR count). The summed E-state index contributed by atoms with van der Waals surface area (Å²) in [6, 6.07) is 20.4. The first-order valence-corrected chi connectivity index (χ1v) is 11.2. The summed E-state index contributed by atoms with van der Waals surface area (Å²) in [5.41, 5.74) is 4.74. The number of carbonyl (C=O) groups is 1. The lowest BCUT2D eigenvalue weighted by molar-refractivity contribution is 0.0954. The molecular formula is C26H25BrN2O4. The van der Waals surface area contributed by atoms with Crippen LogP contribution >= 0.6 is 15.9 Å². The van der Waals surface area contributed by atoms with Crippen LogP contribution < -0.4 is 19.6 Å². The molecule has 7 heteroatoms. The van der Waals surface area contributed by atoms with Crippen molar-refractivity contribution in [2.75, 3.05) is 13.2 Å². The third-order valence-corrected chi connectivity index (χ3v) is 4.99. The molecule has 0 aromatic heterocycles. The summed E-state index contributed by atoms with van der Waals surface area (Å²) in [4.78, 5) is 12.6. The van der Waals surface area contributed by atoms with E-state index < -0.39 is 0 Å². The second-order valence-electron chi connectivity index (χ2n) is 6.85. The molecule has 0 heterocycles. The number of hydrogen-bond donors (Lipinski definition) is 1. The van der Waals surface area contributed by atoms with Gasteiger partial charge in [-0.25, -0.2) is 5.43 Å². The number of nitrogens with zero attached hydrogens (tertiary/aromatic N) is 1. The molecule has 3 aromatic carbocycles. The van der Waals surface area contributed by atoms with E-state index in [1.807, 2.05) is 55.5 Å². The van der Waals surface area contributed by atoms with E-state index in [9.17, 15) is 4.79 Å². The third-order valence-electron chi connectivity index (χ3n) is 4.46. The second-order valence-corrected chi connectivity index (χ2v) is 7.76. The molecule has 0 unspecified atom stereocenters. The lowest BCUT2D eigenvalue weighted by Gasteiger charge is -2.12. The predicted molar refractivity (Wildman–Crippen MR) is 133 cm³/mol. The molecule has 0 bridgehead atoms. The number of ether oxygens (including phenoxy) is 3. The number of carbonyl (C=O) groups excluding carboxylic acids is 1. The van der Waals surface area contributed by atoms with Gasteiger partial charge in [-0.15, -0.1) is 0 Å². The van der Waals surface area contributed by atoms with Crippen LogP contribution in [0.2, 0.25) is 0 Å². The standard InChI is InChI=1S/C26H25BrN2O4/c1-3-15-32-24-14-11-20(16-25(24)31-4-2)26(30)29-28-17-21-7-5-6-8-23(21)33-18-19-9-12-22(27)13-10-19/h3,5-14,16-17H,1,4,15,18H2,2H3,(H,29,30)/b28-17+. The van der Waals surface area contributed by atoms with E-state index in [-0.39, 0.29) is 5.91 Å². The van der Waals surface area contributed by atoms with Gasteiger partial charge in [-0.3, -0.25) is 4.79 Å². The van der Waals surface area contributed by atoms with Crippen molar-refractivity contribution in [3.8, 4) is 17.2 Å². The summed E-state index contributed by atoms with van der Waals surface area (Å²) >= 11 is 3.43. The highest BCUT2D eigenvalue weighted by molar-refractivity contribution is 9.10. The van der Waals surface area contributed by atoms with Gasteiger partial charge in [-0.1, -0.05) is 52.9 Å². The van der Waals surface area contributed by atoms with Crippen molar-refractivity contribution in [1.82, 2.24) is 5.43 Å². The van der Waals surface area contributed by atoms with Gasteiger partial charge in [0.25, 0.3) is 5.91 Å². The first-order valence-electron chi connectivity index (χ1n) is 10.4. The number of hydrogen-bond acceptors (Lipinski definition) is 5. The maximum Gasteiger partial charge on any atom is 0.271 e. The number of hydrazone groups is 1. The minimum absolute atomic E-state index is 0.346. The Labute approximate surface area is 202 Å². The van der Waals surface area contributed by atoms with E-state index in [1.54, 1.807) is 30.5 Å². The molecule has 1 N–H and O–H groups in total. The normalized spacial score (nSPS) is 10.6. The zero-order chi connectivity index (χ0) is 23.5.